The molecular formula is C19H14N4O4. The van der Waals surface area contributed by atoms with E-state index in [-0.39, 0.29) is 17.1 Å². The number of nitrogens with zero attached hydrogens (tertiary/aromatic N) is 2. The highest BCUT2D eigenvalue weighted by Gasteiger charge is 2.33. The number of hydrogen-bond donors (Lipinski definition) is 2. The van der Waals surface area contributed by atoms with Crippen molar-refractivity contribution in [2.24, 2.45) is 5.73 Å². The summed E-state index contributed by atoms with van der Waals surface area (Å²) in [5.41, 5.74) is 8.20. The van der Waals surface area contributed by atoms with Crippen LogP contribution in [0.25, 0.3) is 10.9 Å². The summed E-state index contributed by atoms with van der Waals surface area (Å²) in [5, 5.41) is 21.7. The van der Waals surface area contributed by atoms with Crippen LogP contribution in [0, 0.1) is 21.4 Å². The summed E-state index contributed by atoms with van der Waals surface area (Å²) in [5.74, 6) is 0.435. The molecule has 3 N–H and O–H groups in total. The van der Waals surface area contributed by atoms with E-state index >= 15 is 0 Å². The lowest BCUT2D eigenvalue weighted by Crippen LogP contribution is -2.21. The molecule has 1 atom stereocenters. The summed E-state index contributed by atoms with van der Waals surface area (Å²) in [6.45, 7) is 0. The molecule has 4 rings (SSSR count). The Balaban J connectivity index is 2.00. The average Bonchev–Trinajstić information content (AvgIpc) is 3.09. The van der Waals surface area contributed by atoms with Gasteiger partial charge in [0.25, 0.3) is 5.69 Å². The molecular weight excluding hydrogens is 348 g/mol. The number of aromatic nitrogens is 1. The fourth-order valence-electron chi connectivity index (χ4n) is 3.37. The summed E-state index contributed by atoms with van der Waals surface area (Å²) in [6.07, 6.45) is 1.77. The Morgan fingerprint density at radius 3 is 2.81 bits per heavy atom. The van der Waals surface area contributed by atoms with Gasteiger partial charge < -0.3 is 20.2 Å². The molecule has 0 saturated carbocycles. The van der Waals surface area contributed by atoms with E-state index in [0.717, 1.165) is 16.5 Å². The number of benzene rings is 2. The Labute approximate surface area is 153 Å². The van der Waals surface area contributed by atoms with Gasteiger partial charge in [-0.15, -0.1) is 0 Å². The summed E-state index contributed by atoms with van der Waals surface area (Å²) >= 11 is 0. The van der Waals surface area contributed by atoms with Crippen LogP contribution in [0.15, 0.2) is 54.1 Å². The second-order valence-electron chi connectivity index (χ2n) is 6.06. The van der Waals surface area contributed by atoms with Crippen molar-refractivity contribution in [1.82, 2.24) is 4.98 Å². The molecule has 1 aromatic heterocycles. The molecule has 0 fully saturated rings. The number of nitrogens with one attached hydrogen (secondary N) is 1. The number of nitriles is 1. The number of nitro groups is 1. The Morgan fingerprint density at radius 1 is 1.30 bits per heavy atom. The minimum absolute atomic E-state index is 0.0129. The van der Waals surface area contributed by atoms with E-state index in [4.69, 9.17) is 15.2 Å². The first-order chi connectivity index (χ1) is 13.0. The number of allylic oxidation sites excluding steroid dienone is 1. The number of ether oxygens (including phenoxy) is 2. The molecule has 134 valence electrons. The minimum atomic E-state index is -0.598. The van der Waals surface area contributed by atoms with Gasteiger partial charge in [0.05, 0.1) is 18.0 Å². The van der Waals surface area contributed by atoms with E-state index in [1.54, 1.807) is 13.3 Å². The van der Waals surface area contributed by atoms with Crippen LogP contribution in [0.5, 0.6) is 11.5 Å². The van der Waals surface area contributed by atoms with Gasteiger partial charge in [-0.05, 0) is 29.8 Å². The maximum atomic E-state index is 11.2. The van der Waals surface area contributed by atoms with E-state index in [0.29, 0.717) is 17.1 Å². The number of fused-ring (bicyclic) bond motifs is 2. The molecule has 0 amide bonds. The van der Waals surface area contributed by atoms with Crippen molar-refractivity contribution in [3.05, 3.63) is 75.3 Å². The molecule has 1 aliphatic heterocycles. The van der Waals surface area contributed by atoms with Gasteiger partial charge in [-0.1, -0.05) is 0 Å². The van der Waals surface area contributed by atoms with Crippen LogP contribution in [0.4, 0.5) is 5.69 Å². The highest BCUT2D eigenvalue weighted by Crippen LogP contribution is 2.45. The molecule has 3 aromatic rings. The van der Waals surface area contributed by atoms with E-state index < -0.39 is 10.8 Å². The number of rotatable bonds is 3. The summed E-state index contributed by atoms with van der Waals surface area (Å²) in [7, 11) is 1.57. The zero-order valence-electron chi connectivity index (χ0n) is 14.2. The number of hydrogen-bond acceptors (Lipinski definition) is 6. The number of nitrogens with two attached hydrogens (primary N) is 1. The van der Waals surface area contributed by atoms with Crippen molar-refractivity contribution in [2.45, 2.75) is 5.92 Å². The summed E-state index contributed by atoms with van der Waals surface area (Å²) in [4.78, 5) is 13.9. The molecule has 1 aliphatic rings. The molecule has 0 aliphatic carbocycles. The lowest BCUT2D eigenvalue weighted by Gasteiger charge is -2.25. The number of methoxy groups -OCH3 is 1. The topological polar surface area (TPSA) is 127 Å². The van der Waals surface area contributed by atoms with Crippen molar-refractivity contribution in [3.63, 3.8) is 0 Å². The van der Waals surface area contributed by atoms with Crippen LogP contribution in [-0.4, -0.2) is 17.0 Å². The second kappa shape index (κ2) is 6.07. The number of aromatic amines is 1. The lowest BCUT2D eigenvalue weighted by molar-refractivity contribution is -0.384. The summed E-state index contributed by atoms with van der Waals surface area (Å²) < 4.78 is 10.8. The predicted octanol–water partition coefficient (Wildman–Crippen LogP) is 3.30. The largest absolute Gasteiger partial charge is 0.497 e. The fraction of sp³-hybridized carbons (Fsp3) is 0.105. The predicted molar refractivity (Wildman–Crippen MR) is 97.2 cm³/mol. The van der Waals surface area contributed by atoms with Gasteiger partial charge in [-0.25, -0.2) is 0 Å². The van der Waals surface area contributed by atoms with Crippen LogP contribution >= 0.6 is 0 Å². The van der Waals surface area contributed by atoms with Gasteiger partial charge >= 0.3 is 0 Å². The third-order valence-corrected chi connectivity index (χ3v) is 4.64. The molecule has 8 nitrogen and oxygen atoms in total. The van der Waals surface area contributed by atoms with E-state index in [2.05, 4.69) is 11.1 Å². The molecule has 0 saturated heterocycles. The van der Waals surface area contributed by atoms with Crippen LogP contribution in [0.2, 0.25) is 0 Å². The van der Waals surface area contributed by atoms with Crippen LogP contribution in [-0.2, 0) is 0 Å². The van der Waals surface area contributed by atoms with Gasteiger partial charge in [0.1, 0.15) is 23.1 Å². The zero-order chi connectivity index (χ0) is 19.1. The van der Waals surface area contributed by atoms with Crippen molar-refractivity contribution in [3.8, 4) is 17.6 Å². The van der Waals surface area contributed by atoms with E-state index in [1.807, 2.05) is 18.2 Å². The normalized spacial score (nSPS) is 15.8. The smallest absolute Gasteiger partial charge is 0.270 e. The van der Waals surface area contributed by atoms with Crippen molar-refractivity contribution < 1.29 is 14.4 Å². The van der Waals surface area contributed by atoms with Crippen LogP contribution in [0.3, 0.4) is 0 Å². The minimum Gasteiger partial charge on any atom is -0.497 e. The Morgan fingerprint density at radius 2 is 2.11 bits per heavy atom. The van der Waals surface area contributed by atoms with Gasteiger partial charge in [-0.3, -0.25) is 10.1 Å². The molecule has 2 heterocycles. The highest BCUT2D eigenvalue weighted by molar-refractivity contribution is 5.87. The Hall–Kier alpha value is -3.99. The fourth-order valence-corrected chi connectivity index (χ4v) is 3.37. The molecule has 8 heteroatoms. The third-order valence-electron chi connectivity index (χ3n) is 4.64. The monoisotopic (exact) mass is 362 g/mol. The van der Waals surface area contributed by atoms with Crippen molar-refractivity contribution in [2.75, 3.05) is 7.11 Å². The van der Waals surface area contributed by atoms with Gasteiger partial charge in [0.2, 0.25) is 5.88 Å². The van der Waals surface area contributed by atoms with Gasteiger partial charge in [-0.2, -0.15) is 5.26 Å². The number of non-ortho nitro benzene ring substituents is 1. The molecule has 2 aromatic carbocycles. The molecule has 27 heavy (non-hydrogen) atoms. The second-order valence-corrected chi connectivity index (χ2v) is 6.06. The van der Waals surface area contributed by atoms with Gasteiger partial charge in [0.15, 0.2) is 0 Å². The van der Waals surface area contributed by atoms with Crippen LogP contribution in [0.1, 0.15) is 17.0 Å². The van der Waals surface area contributed by atoms with Crippen molar-refractivity contribution >= 4 is 16.6 Å². The number of nitro benzene ring substituents is 1. The Bertz CT molecular complexity index is 1160. The SMILES string of the molecule is COc1ccc2[nH]cc(C3C(C#N)=C(N)Oc4ccc([N+](=O)[O-])cc43)c2c1. The third kappa shape index (κ3) is 2.53. The Kier molecular flexibility index (Phi) is 3.70. The quantitative estimate of drug-likeness (QED) is 0.543. The van der Waals surface area contributed by atoms with Gasteiger partial charge in [0, 0.05) is 34.8 Å². The van der Waals surface area contributed by atoms with E-state index in [9.17, 15) is 15.4 Å². The summed E-state index contributed by atoms with van der Waals surface area (Å²) in [6, 6.07) is 11.9. The van der Waals surface area contributed by atoms with Crippen molar-refractivity contribution in [1.29, 1.82) is 5.26 Å². The molecule has 0 bridgehead atoms. The maximum absolute atomic E-state index is 11.2. The molecule has 1 unspecified atom stereocenters. The van der Waals surface area contributed by atoms with Crippen LogP contribution < -0.4 is 15.2 Å². The maximum Gasteiger partial charge on any atom is 0.270 e. The first-order valence-electron chi connectivity index (χ1n) is 8.04. The average molecular weight is 362 g/mol. The molecule has 0 radical (unpaired) electrons. The highest BCUT2D eigenvalue weighted by atomic mass is 16.6. The first kappa shape index (κ1) is 16.5. The standard InChI is InChI=1S/C19H14N4O4/c1-26-11-3-4-16-12(7-11)15(9-22-16)18-13-6-10(23(24)25)2-5-17(13)27-19(21)14(18)8-20/h2-7,9,18,22H,21H2,1H3. The molecule has 0 spiro atoms. The number of H-pyrrole nitrogens is 1. The zero-order valence-corrected chi connectivity index (χ0v) is 14.2. The lowest BCUT2D eigenvalue weighted by atomic mass is 9.83. The van der Waals surface area contributed by atoms with E-state index in [1.165, 1.54) is 18.2 Å². The first-order valence-corrected chi connectivity index (χ1v) is 8.04.